The molecule has 3 N–H and O–H groups in total. The highest BCUT2D eigenvalue weighted by atomic mass is 35.5. The van der Waals surface area contributed by atoms with Gasteiger partial charge in [-0.1, -0.05) is 31.4 Å². The fourth-order valence-corrected chi connectivity index (χ4v) is 3.97. The van der Waals surface area contributed by atoms with Gasteiger partial charge in [0.2, 0.25) is 0 Å². The van der Waals surface area contributed by atoms with E-state index in [1.54, 1.807) is 18.5 Å². The fraction of sp³-hybridized carbons (Fsp3) is 0.450. The van der Waals surface area contributed by atoms with Crippen LogP contribution in [0.2, 0.25) is 5.02 Å². The van der Waals surface area contributed by atoms with Crippen molar-refractivity contribution in [3.8, 4) is 11.4 Å². The maximum atomic E-state index is 14.5. The average Bonchev–Trinajstić information content (AvgIpc) is 3.12. The number of anilines is 1. The Morgan fingerprint density at radius 2 is 2.04 bits per heavy atom. The molecule has 0 saturated heterocycles. The largest absolute Gasteiger partial charge is 0.363 e. The first kappa shape index (κ1) is 19.1. The fourth-order valence-electron chi connectivity index (χ4n) is 3.81. The molecule has 6 nitrogen and oxygen atoms in total. The molecule has 0 aromatic carbocycles. The van der Waals surface area contributed by atoms with Crippen LogP contribution in [0, 0.1) is 5.82 Å². The summed E-state index contributed by atoms with van der Waals surface area (Å²) in [5.41, 5.74) is 1.44. The van der Waals surface area contributed by atoms with Crippen LogP contribution in [-0.4, -0.2) is 38.6 Å². The minimum Gasteiger partial charge on any atom is -0.363 e. The van der Waals surface area contributed by atoms with E-state index < -0.39 is 5.82 Å². The molecule has 1 saturated carbocycles. The first-order valence-electron chi connectivity index (χ1n) is 9.81. The number of nitrogens with zero attached hydrogens (tertiary/aromatic N) is 3. The van der Waals surface area contributed by atoms with Crippen molar-refractivity contribution >= 4 is 28.5 Å². The van der Waals surface area contributed by atoms with E-state index in [9.17, 15) is 4.39 Å². The van der Waals surface area contributed by atoms with Gasteiger partial charge in [-0.2, -0.15) is 0 Å². The summed E-state index contributed by atoms with van der Waals surface area (Å²) in [5.74, 6) is 0.234. The van der Waals surface area contributed by atoms with Crippen LogP contribution in [0.3, 0.4) is 0 Å². The number of aromatic amines is 1. The van der Waals surface area contributed by atoms with Crippen LogP contribution in [0.15, 0.2) is 24.7 Å². The number of halogens is 2. The Morgan fingerprint density at radius 1 is 1.21 bits per heavy atom. The molecule has 4 rings (SSSR count). The first-order valence-corrected chi connectivity index (χ1v) is 10.2. The summed E-state index contributed by atoms with van der Waals surface area (Å²) in [5, 5.41) is 8.25. The highest BCUT2D eigenvalue weighted by Gasteiger charge is 2.26. The normalized spacial score (nSPS) is 19.8. The van der Waals surface area contributed by atoms with E-state index in [4.69, 9.17) is 11.6 Å². The van der Waals surface area contributed by atoms with Gasteiger partial charge in [0.1, 0.15) is 5.65 Å². The van der Waals surface area contributed by atoms with Crippen molar-refractivity contribution in [2.45, 2.75) is 51.1 Å². The predicted molar refractivity (Wildman–Crippen MR) is 110 cm³/mol. The second-order valence-corrected chi connectivity index (χ2v) is 7.67. The van der Waals surface area contributed by atoms with Gasteiger partial charge in [0, 0.05) is 35.4 Å². The van der Waals surface area contributed by atoms with Gasteiger partial charge in [-0.25, -0.2) is 19.3 Å². The van der Waals surface area contributed by atoms with E-state index in [-0.39, 0.29) is 11.9 Å². The number of pyridine rings is 1. The van der Waals surface area contributed by atoms with Crippen LogP contribution in [0.5, 0.6) is 0 Å². The summed E-state index contributed by atoms with van der Waals surface area (Å²) in [6.07, 6.45) is 10.1. The molecule has 28 heavy (non-hydrogen) atoms. The van der Waals surface area contributed by atoms with Crippen molar-refractivity contribution in [3.05, 3.63) is 35.5 Å². The molecule has 8 heteroatoms. The molecule has 0 radical (unpaired) electrons. The smallest absolute Gasteiger partial charge is 0.183 e. The number of nitrogens with one attached hydrogen (secondary N) is 3. The van der Waals surface area contributed by atoms with Crippen molar-refractivity contribution < 1.29 is 4.39 Å². The quantitative estimate of drug-likeness (QED) is 0.564. The lowest BCUT2D eigenvalue weighted by Gasteiger charge is -2.33. The van der Waals surface area contributed by atoms with E-state index >= 15 is 0 Å². The first-order chi connectivity index (χ1) is 13.7. The lowest BCUT2D eigenvalue weighted by Crippen LogP contribution is -2.46. The molecule has 3 aromatic rings. The maximum Gasteiger partial charge on any atom is 0.183 e. The molecule has 0 amide bonds. The number of hydrogen-bond donors (Lipinski definition) is 3. The number of hydrogen-bond acceptors (Lipinski definition) is 5. The Hall–Kier alpha value is -2.25. The molecule has 3 aromatic heterocycles. The zero-order valence-corrected chi connectivity index (χ0v) is 16.6. The zero-order valence-electron chi connectivity index (χ0n) is 15.8. The Balaban J connectivity index is 1.62. The highest BCUT2D eigenvalue weighted by Crippen LogP contribution is 2.29. The number of fused-ring (bicyclic) bond motifs is 1. The minimum atomic E-state index is -0.445. The highest BCUT2D eigenvalue weighted by molar-refractivity contribution is 6.31. The van der Waals surface area contributed by atoms with Gasteiger partial charge in [-0.15, -0.1) is 0 Å². The average molecular weight is 403 g/mol. The third-order valence-electron chi connectivity index (χ3n) is 5.23. The van der Waals surface area contributed by atoms with Crippen LogP contribution in [0.25, 0.3) is 22.4 Å². The molecule has 1 fully saturated rings. The molecular formula is C20H24ClFN6. The molecule has 148 valence electrons. The lowest BCUT2D eigenvalue weighted by atomic mass is 9.90. The van der Waals surface area contributed by atoms with E-state index in [1.807, 2.05) is 0 Å². The second kappa shape index (κ2) is 8.41. The molecule has 2 atom stereocenters. The van der Waals surface area contributed by atoms with Crippen molar-refractivity contribution in [1.29, 1.82) is 0 Å². The molecular weight excluding hydrogens is 379 g/mol. The number of aromatic nitrogens is 4. The minimum absolute atomic E-state index is 0.150. The third kappa shape index (κ3) is 3.95. The van der Waals surface area contributed by atoms with Gasteiger partial charge in [0.15, 0.2) is 17.5 Å². The van der Waals surface area contributed by atoms with Crippen molar-refractivity contribution in [3.63, 3.8) is 0 Å². The van der Waals surface area contributed by atoms with Gasteiger partial charge >= 0.3 is 0 Å². The summed E-state index contributed by atoms with van der Waals surface area (Å²) in [6, 6.07) is 2.28. The molecule has 0 aliphatic heterocycles. The molecule has 3 heterocycles. The van der Waals surface area contributed by atoms with E-state index in [1.165, 1.54) is 12.6 Å². The van der Waals surface area contributed by atoms with Gasteiger partial charge in [-0.3, -0.25) is 0 Å². The second-order valence-electron chi connectivity index (χ2n) is 7.24. The van der Waals surface area contributed by atoms with E-state index in [0.717, 1.165) is 43.2 Å². The number of rotatable bonds is 6. The van der Waals surface area contributed by atoms with Crippen LogP contribution in [0.1, 0.15) is 39.0 Å². The zero-order chi connectivity index (χ0) is 19.5. The maximum absolute atomic E-state index is 14.5. The Bertz CT molecular complexity index is 959. The topological polar surface area (TPSA) is 78.5 Å². The van der Waals surface area contributed by atoms with Gasteiger partial charge in [0.25, 0.3) is 0 Å². The summed E-state index contributed by atoms with van der Waals surface area (Å²) < 4.78 is 14.5. The summed E-state index contributed by atoms with van der Waals surface area (Å²) in [4.78, 5) is 16.0. The van der Waals surface area contributed by atoms with Crippen molar-refractivity contribution in [2.75, 3.05) is 11.9 Å². The van der Waals surface area contributed by atoms with Gasteiger partial charge in [-0.05, 0) is 31.9 Å². The van der Waals surface area contributed by atoms with Crippen LogP contribution in [-0.2, 0) is 0 Å². The predicted octanol–water partition coefficient (Wildman–Crippen LogP) is 4.54. The monoisotopic (exact) mass is 402 g/mol. The summed E-state index contributed by atoms with van der Waals surface area (Å²) >= 11 is 6.08. The Kier molecular flexibility index (Phi) is 5.73. The molecule has 0 spiro atoms. The van der Waals surface area contributed by atoms with Crippen molar-refractivity contribution in [2.24, 2.45) is 0 Å². The Labute approximate surface area is 168 Å². The van der Waals surface area contributed by atoms with Gasteiger partial charge in [0.05, 0.1) is 11.2 Å². The third-order valence-corrected chi connectivity index (χ3v) is 5.43. The molecule has 0 unspecified atom stereocenters. The van der Waals surface area contributed by atoms with E-state index in [2.05, 4.69) is 37.5 Å². The molecule has 1 aliphatic carbocycles. The number of H-pyrrole nitrogens is 1. The van der Waals surface area contributed by atoms with Crippen LogP contribution < -0.4 is 10.6 Å². The molecule has 0 bridgehead atoms. The SMILES string of the molecule is CCCN[C@@H]1CCCC[C@H]1Nc1nc(-c2c[nH]c3ncc(Cl)cc23)ncc1F. The van der Waals surface area contributed by atoms with E-state index in [0.29, 0.717) is 22.5 Å². The van der Waals surface area contributed by atoms with Crippen LogP contribution >= 0.6 is 11.6 Å². The Morgan fingerprint density at radius 3 is 2.86 bits per heavy atom. The molecule has 1 aliphatic rings. The summed E-state index contributed by atoms with van der Waals surface area (Å²) in [7, 11) is 0. The van der Waals surface area contributed by atoms with Crippen LogP contribution in [0.4, 0.5) is 10.2 Å². The van der Waals surface area contributed by atoms with Crippen molar-refractivity contribution in [1.82, 2.24) is 25.3 Å². The summed E-state index contributed by atoms with van der Waals surface area (Å²) in [6.45, 7) is 3.11. The lowest BCUT2D eigenvalue weighted by molar-refractivity contribution is 0.343. The van der Waals surface area contributed by atoms with Gasteiger partial charge < -0.3 is 15.6 Å². The standard InChI is InChI=1S/C20H24ClFN6/c1-2-7-23-16-5-3-4-6-17(16)27-20-15(22)11-26-19(28-20)14-10-25-18-13(14)8-12(21)9-24-18/h8-11,16-17,23H,2-7H2,1H3,(H,24,25)(H,26,27,28)/t16-,17-/m1/s1.